The average Bonchev–Trinajstić information content (AvgIpc) is 3.09. The number of pyridine rings is 1. The number of thiophene rings is 1. The van der Waals surface area contributed by atoms with Gasteiger partial charge in [0.25, 0.3) is 5.91 Å². The molecule has 0 unspecified atom stereocenters. The molecule has 31 heavy (non-hydrogen) atoms. The number of carbonyl (C=O) groups is 1. The highest BCUT2D eigenvalue weighted by atomic mass is 32.1. The molecule has 1 N–H and O–H groups in total. The van der Waals surface area contributed by atoms with Gasteiger partial charge in [0.1, 0.15) is 17.0 Å². The number of anilines is 1. The lowest BCUT2D eigenvalue weighted by molar-refractivity contribution is 0.0790. The number of aromatic nitrogens is 3. The number of benzene rings is 1. The van der Waals surface area contributed by atoms with Gasteiger partial charge in [-0.15, -0.1) is 11.3 Å². The third-order valence-electron chi connectivity index (χ3n) is 6.19. The lowest BCUT2D eigenvalue weighted by Crippen LogP contribution is -2.26. The molecule has 3 aromatic heterocycles. The van der Waals surface area contributed by atoms with E-state index in [1.807, 2.05) is 32.2 Å². The van der Waals surface area contributed by atoms with Crippen LogP contribution in [0.25, 0.3) is 21.1 Å². The summed E-state index contributed by atoms with van der Waals surface area (Å²) in [7, 11) is 1.85. The molecule has 1 aliphatic carbocycles. The highest BCUT2D eigenvalue weighted by Crippen LogP contribution is 2.35. The number of hydrogen-bond acceptors (Lipinski definition) is 6. The molecule has 0 atom stereocenters. The Bertz CT molecular complexity index is 1260. The van der Waals surface area contributed by atoms with E-state index in [1.54, 1.807) is 17.4 Å². The van der Waals surface area contributed by atoms with E-state index in [2.05, 4.69) is 32.4 Å². The fourth-order valence-electron chi connectivity index (χ4n) is 4.15. The molecule has 0 radical (unpaired) electrons. The number of nitrogens with zero attached hydrogens (tertiary/aromatic N) is 4. The van der Waals surface area contributed by atoms with E-state index in [9.17, 15) is 4.79 Å². The van der Waals surface area contributed by atoms with Gasteiger partial charge in [0, 0.05) is 31.7 Å². The minimum atomic E-state index is 0.00587. The summed E-state index contributed by atoms with van der Waals surface area (Å²) < 4.78 is 0. The maximum absolute atomic E-state index is 13.4. The van der Waals surface area contributed by atoms with E-state index in [1.165, 1.54) is 30.6 Å². The molecular weight excluding hydrogens is 406 g/mol. The van der Waals surface area contributed by atoms with Crippen LogP contribution in [-0.2, 0) is 6.54 Å². The minimum Gasteiger partial charge on any atom is -0.369 e. The summed E-state index contributed by atoms with van der Waals surface area (Å²) in [6, 6.07) is 10.0. The number of hydrogen-bond donors (Lipinski definition) is 1. The van der Waals surface area contributed by atoms with Gasteiger partial charge in [0.2, 0.25) is 0 Å². The third-order valence-corrected chi connectivity index (χ3v) is 7.38. The van der Waals surface area contributed by atoms with Gasteiger partial charge < -0.3 is 10.2 Å². The van der Waals surface area contributed by atoms with Gasteiger partial charge in [-0.1, -0.05) is 24.6 Å². The third kappa shape index (κ3) is 3.74. The Kier molecular flexibility index (Phi) is 5.28. The molecule has 158 valence electrons. The van der Waals surface area contributed by atoms with Crippen molar-refractivity contribution in [1.29, 1.82) is 0 Å². The Morgan fingerprint density at radius 3 is 2.87 bits per heavy atom. The second kappa shape index (κ2) is 8.23. The van der Waals surface area contributed by atoms with Gasteiger partial charge in [0.15, 0.2) is 0 Å². The quantitative estimate of drug-likeness (QED) is 0.463. The van der Waals surface area contributed by atoms with Crippen molar-refractivity contribution >= 4 is 44.2 Å². The molecular formula is C24H25N5OS. The first-order valence-electron chi connectivity index (χ1n) is 10.7. The van der Waals surface area contributed by atoms with Crippen LogP contribution >= 0.6 is 11.3 Å². The molecule has 1 saturated carbocycles. The normalized spacial score (nSPS) is 14.0. The Balaban J connectivity index is 1.41. The molecule has 6 nitrogen and oxygen atoms in total. The smallest absolute Gasteiger partial charge is 0.264 e. The van der Waals surface area contributed by atoms with E-state index in [4.69, 9.17) is 0 Å². The Labute approximate surface area is 185 Å². The largest absolute Gasteiger partial charge is 0.369 e. The first-order valence-corrected chi connectivity index (χ1v) is 11.5. The molecule has 3 heterocycles. The molecule has 4 aromatic rings. The molecule has 0 saturated heterocycles. The molecule has 1 aliphatic rings. The second-order valence-corrected chi connectivity index (χ2v) is 9.28. The highest BCUT2D eigenvalue weighted by Gasteiger charge is 2.23. The lowest BCUT2D eigenvalue weighted by atomic mass is 9.85. The summed E-state index contributed by atoms with van der Waals surface area (Å²) in [6.07, 6.45) is 7.26. The maximum atomic E-state index is 13.4. The van der Waals surface area contributed by atoms with Gasteiger partial charge >= 0.3 is 0 Å². The van der Waals surface area contributed by atoms with Crippen molar-refractivity contribution in [2.75, 3.05) is 18.9 Å². The maximum Gasteiger partial charge on any atom is 0.264 e. The van der Waals surface area contributed by atoms with Gasteiger partial charge in [0.05, 0.1) is 15.8 Å². The summed E-state index contributed by atoms with van der Waals surface area (Å²) in [5.41, 5.74) is 2.98. The number of fused-ring (bicyclic) bond motifs is 2. The molecule has 5 rings (SSSR count). The lowest BCUT2D eigenvalue weighted by Gasteiger charge is -2.25. The van der Waals surface area contributed by atoms with Crippen molar-refractivity contribution in [2.24, 2.45) is 5.92 Å². The molecule has 1 fully saturated rings. The van der Waals surface area contributed by atoms with Crippen LogP contribution in [0.3, 0.4) is 0 Å². The van der Waals surface area contributed by atoms with Crippen LogP contribution < -0.4 is 5.32 Å². The standard InChI is InChI=1S/C24H25N5OS/c1-15-20-22(26-12-16-6-3-7-16)27-14-28-23(20)31-21(15)24(30)29(2)13-17-8-4-10-19-18(17)9-5-11-25-19/h4-5,8-11,14,16H,3,6-7,12-13H2,1-2H3,(H,26,27,28). The van der Waals surface area contributed by atoms with Crippen molar-refractivity contribution in [3.8, 4) is 0 Å². The zero-order valence-corrected chi connectivity index (χ0v) is 18.6. The van der Waals surface area contributed by atoms with Crippen LogP contribution in [0.2, 0.25) is 0 Å². The minimum absolute atomic E-state index is 0.00587. The zero-order valence-electron chi connectivity index (χ0n) is 17.8. The summed E-state index contributed by atoms with van der Waals surface area (Å²) in [4.78, 5) is 30.0. The summed E-state index contributed by atoms with van der Waals surface area (Å²) in [5, 5.41) is 5.54. The fraction of sp³-hybridized carbons (Fsp3) is 0.333. The summed E-state index contributed by atoms with van der Waals surface area (Å²) in [6.45, 7) is 3.45. The van der Waals surface area contributed by atoms with Crippen LogP contribution in [-0.4, -0.2) is 39.4 Å². The number of carbonyl (C=O) groups excluding carboxylic acids is 1. The molecule has 0 aliphatic heterocycles. The molecule has 0 spiro atoms. The van der Waals surface area contributed by atoms with E-state index in [0.29, 0.717) is 6.54 Å². The topological polar surface area (TPSA) is 71.0 Å². The highest BCUT2D eigenvalue weighted by molar-refractivity contribution is 7.20. The van der Waals surface area contributed by atoms with Crippen molar-refractivity contribution < 1.29 is 4.79 Å². The zero-order chi connectivity index (χ0) is 21.4. The SMILES string of the molecule is Cc1c(C(=O)N(C)Cc2cccc3ncccc23)sc2ncnc(NCC3CCC3)c12. The molecule has 1 amide bonds. The number of nitrogens with one attached hydrogen (secondary N) is 1. The number of aryl methyl sites for hydroxylation is 1. The number of rotatable bonds is 6. The Morgan fingerprint density at radius 1 is 1.19 bits per heavy atom. The molecule has 0 bridgehead atoms. The van der Waals surface area contributed by atoms with Crippen LogP contribution in [0.4, 0.5) is 5.82 Å². The summed E-state index contributed by atoms with van der Waals surface area (Å²) >= 11 is 1.45. The van der Waals surface area contributed by atoms with E-state index in [0.717, 1.165) is 55.4 Å². The Morgan fingerprint density at radius 2 is 2.06 bits per heavy atom. The summed E-state index contributed by atoms with van der Waals surface area (Å²) in [5.74, 6) is 1.57. The molecule has 1 aromatic carbocycles. The first kappa shape index (κ1) is 19.9. The van der Waals surface area contributed by atoms with Crippen molar-refractivity contribution in [3.63, 3.8) is 0 Å². The van der Waals surface area contributed by atoms with Gasteiger partial charge in [-0.05, 0) is 48.9 Å². The van der Waals surface area contributed by atoms with Gasteiger partial charge in [-0.25, -0.2) is 9.97 Å². The average molecular weight is 432 g/mol. The molecule has 7 heteroatoms. The Hall–Kier alpha value is -3.06. The van der Waals surface area contributed by atoms with Gasteiger partial charge in [-0.3, -0.25) is 9.78 Å². The fourth-order valence-corrected chi connectivity index (χ4v) is 5.30. The second-order valence-electron chi connectivity index (χ2n) is 8.28. The van der Waals surface area contributed by atoms with Crippen LogP contribution in [0.1, 0.15) is 40.1 Å². The predicted molar refractivity (Wildman–Crippen MR) is 126 cm³/mol. The van der Waals surface area contributed by atoms with Crippen LogP contribution in [0.15, 0.2) is 42.9 Å². The van der Waals surface area contributed by atoms with Gasteiger partial charge in [-0.2, -0.15) is 0 Å². The van der Waals surface area contributed by atoms with E-state index in [-0.39, 0.29) is 5.91 Å². The van der Waals surface area contributed by atoms with Crippen LogP contribution in [0.5, 0.6) is 0 Å². The van der Waals surface area contributed by atoms with E-state index < -0.39 is 0 Å². The van der Waals surface area contributed by atoms with E-state index >= 15 is 0 Å². The van der Waals surface area contributed by atoms with Crippen LogP contribution in [0, 0.1) is 12.8 Å². The van der Waals surface area contributed by atoms with Crippen molar-refractivity contribution in [1.82, 2.24) is 19.9 Å². The monoisotopic (exact) mass is 431 g/mol. The predicted octanol–water partition coefficient (Wildman–Crippen LogP) is 5.03. The van der Waals surface area contributed by atoms with Crippen molar-refractivity contribution in [3.05, 3.63) is 58.9 Å². The first-order chi connectivity index (χ1) is 15.1. The van der Waals surface area contributed by atoms with Crippen molar-refractivity contribution in [2.45, 2.75) is 32.7 Å². The number of amides is 1.